The summed E-state index contributed by atoms with van der Waals surface area (Å²) in [5.41, 5.74) is 0.537. The van der Waals surface area contributed by atoms with Crippen molar-refractivity contribution in [3.8, 4) is 11.5 Å². The molecule has 244 valence electrons. The number of ether oxygens (including phenoxy) is 3. The lowest BCUT2D eigenvalue weighted by Crippen LogP contribution is -2.49. The van der Waals surface area contributed by atoms with Crippen LogP contribution in [0.15, 0.2) is 12.1 Å². The van der Waals surface area contributed by atoms with E-state index in [-0.39, 0.29) is 46.7 Å². The third-order valence-electron chi connectivity index (χ3n) is 7.32. The number of amides is 3. The van der Waals surface area contributed by atoms with Crippen LogP contribution in [0.3, 0.4) is 0 Å². The van der Waals surface area contributed by atoms with Crippen LogP contribution in [0, 0.1) is 5.92 Å². The molecule has 14 nitrogen and oxygen atoms in total. The van der Waals surface area contributed by atoms with Gasteiger partial charge < -0.3 is 39.7 Å². The molecule has 4 rings (SSSR count). The molecule has 2 saturated heterocycles. The van der Waals surface area contributed by atoms with Crippen molar-refractivity contribution in [1.82, 2.24) is 19.8 Å². The second-order valence-corrected chi connectivity index (χ2v) is 11.3. The Kier molecular flexibility index (Phi) is 13.7. The molecule has 0 saturated carbocycles. The summed E-state index contributed by atoms with van der Waals surface area (Å²) in [6.45, 7) is 7.62. The lowest BCUT2D eigenvalue weighted by molar-refractivity contribution is -0.139. The number of likely N-dealkylation sites (tertiary alicyclic amines) is 1. The number of hydrogen-bond acceptors (Lipinski definition) is 11. The highest BCUT2D eigenvalue weighted by Gasteiger charge is 2.36. The molecule has 1 aromatic heterocycles. The molecule has 1 unspecified atom stereocenters. The van der Waals surface area contributed by atoms with E-state index in [0.717, 1.165) is 11.8 Å². The molecule has 2 fully saturated rings. The average Bonchev–Trinajstić information content (AvgIpc) is 3.49. The number of carbonyl (C=O) groups excluding carboxylic acids is 4. The van der Waals surface area contributed by atoms with Crippen LogP contribution in [0.4, 0.5) is 16.6 Å². The lowest BCUT2D eigenvalue weighted by atomic mass is 10.1. The average molecular weight is 657 g/mol. The monoisotopic (exact) mass is 656 g/mol. The number of benzene rings is 1. The number of carbonyl (C=O) groups is 4. The number of piperazine rings is 1. The number of methoxy groups -OCH3 is 2. The van der Waals surface area contributed by atoms with Gasteiger partial charge in [0, 0.05) is 62.8 Å². The predicted molar refractivity (Wildman–Crippen MR) is 170 cm³/mol. The van der Waals surface area contributed by atoms with Crippen molar-refractivity contribution in [3.05, 3.63) is 12.1 Å². The van der Waals surface area contributed by atoms with E-state index in [1.165, 1.54) is 21.1 Å². The van der Waals surface area contributed by atoms with Crippen LogP contribution in [0.2, 0.25) is 0 Å². The van der Waals surface area contributed by atoms with Gasteiger partial charge in [0.1, 0.15) is 11.9 Å². The largest absolute Gasteiger partial charge is 0.493 e. The second-order valence-electron chi connectivity index (χ2n) is 10.2. The van der Waals surface area contributed by atoms with Gasteiger partial charge in [-0.05, 0) is 25.8 Å². The van der Waals surface area contributed by atoms with Crippen molar-refractivity contribution < 1.29 is 38.9 Å². The fraction of sp³-hybridized carbons (Fsp3) is 0.571. The summed E-state index contributed by atoms with van der Waals surface area (Å²) in [7, 11) is 3.05. The lowest BCUT2D eigenvalue weighted by Gasteiger charge is -2.34. The molecule has 3 heterocycles. The normalized spacial score (nSPS) is 16.8. The summed E-state index contributed by atoms with van der Waals surface area (Å²) in [5.74, 6) is 1.07. The van der Waals surface area contributed by atoms with Crippen LogP contribution in [0.5, 0.6) is 11.5 Å². The molecule has 0 spiro atoms. The minimum absolute atomic E-state index is 0. The Hall–Kier alpha value is -3.56. The zero-order valence-corrected chi connectivity index (χ0v) is 27.2. The Morgan fingerprint density at radius 3 is 2.32 bits per heavy atom. The van der Waals surface area contributed by atoms with Gasteiger partial charge in [-0.25, -0.2) is 9.78 Å². The van der Waals surface area contributed by atoms with Gasteiger partial charge in [0.05, 0.1) is 26.3 Å². The fourth-order valence-corrected chi connectivity index (χ4v) is 5.71. The first kappa shape index (κ1) is 36.6. The molecule has 16 heteroatoms. The number of rotatable bonds is 9. The molecular formula is C28H41ClN6O8S. The Balaban J connectivity index is 0.00000337. The number of thioether (sulfide) groups is 1. The first-order chi connectivity index (χ1) is 20.2. The Bertz CT molecular complexity index is 1340. The molecule has 1 aromatic carbocycles. The van der Waals surface area contributed by atoms with E-state index in [1.54, 1.807) is 35.8 Å². The van der Waals surface area contributed by atoms with Crippen LogP contribution in [0.1, 0.15) is 33.6 Å². The summed E-state index contributed by atoms with van der Waals surface area (Å²) < 4.78 is 16.1. The van der Waals surface area contributed by atoms with Crippen molar-refractivity contribution >= 4 is 69.9 Å². The summed E-state index contributed by atoms with van der Waals surface area (Å²) in [5, 5.41) is 3.47. The number of nitrogens with zero attached hydrogens (tertiary/aromatic N) is 5. The molecular weight excluding hydrogens is 616 g/mol. The third-order valence-corrected chi connectivity index (χ3v) is 8.39. The third kappa shape index (κ3) is 8.33. The fourth-order valence-electron chi connectivity index (χ4n) is 5.08. The highest BCUT2D eigenvalue weighted by Crippen LogP contribution is 2.35. The maximum Gasteiger partial charge on any atom is 0.409 e. The van der Waals surface area contributed by atoms with Gasteiger partial charge in [0.25, 0.3) is 0 Å². The first-order valence-corrected chi connectivity index (χ1v) is 15.0. The molecule has 0 aliphatic carbocycles. The van der Waals surface area contributed by atoms with Gasteiger partial charge >= 0.3 is 6.09 Å². The van der Waals surface area contributed by atoms with E-state index in [0.29, 0.717) is 86.3 Å². The van der Waals surface area contributed by atoms with Crippen LogP contribution in [0.25, 0.3) is 10.9 Å². The van der Waals surface area contributed by atoms with Crippen LogP contribution in [-0.4, -0.2) is 114 Å². The Labute approximate surface area is 266 Å². The van der Waals surface area contributed by atoms with Gasteiger partial charge in [-0.1, -0.05) is 18.7 Å². The number of nitrogens with one attached hydrogen (secondary N) is 1. The van der Waals surface area contributed by atoms with E-state index >= 15 is 0 Å². The molecule has 0 radical (unpaired) electrons. The van der Waals surface area contributed by atoms with E-state index in [4.69, 9.17) is 24.2 Å². The number of anilines is 2. The quantitative estimate of drug-likeness (QED) is 0.419. The van der Waals surface area contributed by atoms with Gasteiger partial charge in [0.2, 0.25) is 17.8 Å². The molecule has 44 heavy (non-hydrogen) atoms. The first-order valence-electron chi connectivity index (χ1n) is 14.0. The highest BCUT2D eigenvalue weighted by atomic mass is 35.5. The summed E-state index contributed by atoms with van der Waals surface area (Å²) >= 11 is 1.11. The number of halogens is 1. The molecule has 0 bridgehead atoms. The van der Waals surface area contributed by atoms with Crippen LogP contribution < -0.4 is 19.7 Å². The molecule has 3 N–H and O–H groups in total. The molecule has 2 aliphatic rings. The molecule has 3 amide bonds. The summed E-state index contributed by atoms with van der Waals surface area (Å²) in [6.07, 6.45) is 0.862. The van der Waals surface area contributed by atoms with Crippen molar-refractivity contribution in [1.29, 1.82) is 0 Å². The number of aromatic nitrogens is 2. The van der Waals surface area contributed by atoms with Crippen LogP contribution >= 0.6 is 24.2 Å². The maximum absolute atomic E-state index is 13.7. The van der Waals surface area contributed by atoms with Crippen molar-refractivity contribution in [2.24, 2.45) is 5.92 Å². The standard InChI is InChI=1S/C28H38N6O7S.ClH.H2O/c1-6-41-28(38)33-12-10-32(11-13-33)27-29-20-15-23(40-5)22(39-4)14-19(20)24(31-27)30-25(36)21-8-7-9-34(21)26(37)17(2)16-42-18(3)35;;/h14-15,17,21H,6-13,16H2,1-5H3,(H,29,30,31,36);1H;1H2/t17?,21-;;/m0../s1. The maximum atomic E-state index is 13.7. The minimum atomic E-state index is -0.663. The van der Waals surface area contributed by atoms with E-state index in [2.05, 4.69) is 5.32 Å². The predicted octanol–water partition coefficient (Wildman–Crippen LogP) is 2.37. The zero-order chi connectivity index (χ0) is 30.4. The number of fused-ring (bicyclic) bond motifs is 1. The summed E-state index contributed by atoms with van der Waals surface area (Å²) in [4.78, 5) is 65.1. The van der Waals surface area contributed by atoms with Gasteiger partial charge in [-0.15, -0.1) is 12.4 Å². The highest BCUT2D eigenvalue weighted by molar-refractivity contribution is 8.13. The van der Waals surface area contributed by atoms with Crippen LogP contribution in [-0.2, 0) is 19.1 Å². The summed E-state index contributed by atoms with van der Waals surface area (Å²) in [6, 6.07) is 2.78. The SMILES string of the molecule is CCOC(=O)N1CCN(c2nc(NC(=O)[C@@H]3CCCN3C(=O)C(C)CSC(C)=O)c3cc(OC)c(OC)cc3n2)CC1.Cl.O. The van der Waals surface area contributed by atoms with Crippen molar-refractivity contribution in [2.45, 2.75) is 39.7 Å². The smallest absolute Gasteiger partial charge is 0.409 e. The van der Waals surface area contributed by atoms with Gasteiger partial charge in [-0.2, -0.15) is 4.98 Å². The Morgan fingerprint density at radius 1 is 1.05 bits per heavy atom. The second kappa shape index (κ2) is 16.5. The van der Waals surface area contributed by atoms with Crippen molar-refractivity contribution in [2.75, 3.05) is 69.5 Å². The van der Waals surface area contributed by atoms with Crippen molar-refractivity contribution in [3.63, 3.8) is 0 Å². The van der Waals surface area contributed by atoms with E-state index < -0.39 is 12.0 Å². The van der Waals surface area contributed by atoms with Gasteiger partial charge in [-0.3, -0.25) is 14.4 Å². The number of hydrogen-bond donors (Lipinski definition) is 1. The molecule has 2 aliphatic heterocycles. The molecule has 2 atom stereocenters. The zero-order valence-electron chi connectivity index (χ0n) is 25.6. The topological polar surface area (TPSA) is 175 Å². The van der Waals surface area contributed by atoms with E-state index in [9.17, 15) is 19.2 Å². The van der Waals surface area contributed by atoms with E-state index in [1.807, 2.05) is 4.90 Å². The minimum Gasteiger partial charge on any atom is -0.493 e. The molecule has 2 aromatic rings. The Morgan fingerprint density at radius 2 is 1.70 bits per heavy atom. The van der Waals surface area contributed by atoms with Gasteiger partial charge in [0.15, 0.2) is 16.6 Å².